The quantitative estimate of drug-likeness (QED) is 0.375. The molecule has 0 aliphatic rings. The Morgan fingerprint density at radius 1 is 1.25 bits per heavy atom. The van der Waals surface area contributed by atoms with Crippen LogP contribution in [-0.2, 0) is 16.8 Å². The van der Waals surface area contributed by atoms with Crippen LogP contribution in [0.2, 0.25) is 0 Å². The van der Waals surface area contributed by atoms with E-state index in [-0.39, 0.29) is 34.1 Å². The van der Waals surface area contributed by atoms with Gasteiger partial charge in [0, 0.05) is 16.8 Å². The summed E-state index contributed by atoms with van der Waals surface area (Å²) in [5, 5.41) is 0. The van der Waals surface area contributed by atoms with Crippen molar-refractivity contribution < 1.29 is 16.8 Å². The van der Waals surface area contributed by atoms with Crippen LogP contribution in [0.4, 0.5) is 0 Å². The first kappa shape index (κ1) is 16.9. The molecule has 27 valence electrons. The third kappa shape index (κ3) is 9.12. The molecule has 0 heterocycles. The Bertz CT molecular complexity index is 6.00. The maximum absolute atomic E-state index is 4.78. The Balaban J connectivity index is -0.00000000500. The molecule has 4 heavy (non-hydrogen) atoms. The van der Waals surface area contributed by atoms with Crippen molar-refractivity contribution in [3.8, 4) is 0 Å². The Hall–Kier alpha value is 1.86. The van der Waals surface area contributed by atoms with Gasteiger partial charge in [0.15, 0.2) is 17.4 Å². The Labute approximate surface area is 59.2 Å². The van der Waals surface area contributed by atoms with Crippen LogP contribution in [0, 0.1) is 0 Å². The third-order valence-electron chi connectivity index (χ3n) is 0. The van der Waals surface area contributed by atoms with Gasteiger partial charge in [-0.15, -0.1) is 0 Å². The molecule has 0 amide bonds. The normalized spacial score (nSPS) is 1.25. The summed E-state index contributed by atoms with van der Waals surface area (Å²) in [5.41, 5.74) is 0. The van der Waals surface area contributed by atoms with Gasteiger partial charge in [0.1, 0.15) is 0 Å². The van der Waals surface area contributed by atoms with E-state index in [2.05, 4.69) is 0 Å². The van der Waals surface area contributed by atoms with E-state index >= 15 is 0 Å². The van der Waals surface area contributed by atoms with Gasteiger partial charge in [-0.1, -0.05) is 0 Å². The predicted octanol–water partition coefficient (Wildman–Crippen LogP) is -1.41. The number of hydrogen-bond acceptors (Lipinski definition) is 0. The van der Waals surface area contributed by atoms with E-state index in [0.717, 1.165) is 15.4 Å². The zero-order valence-electron chi connectivity index (χ0n) is 1.71. The number of halogens is 1. The van der Waals surface area contributed by atoms with Gasteiger partial charge in [0.05, 0.1) is 0 Å². The molecule has 0 aliphatic heterocycles. The van der Waals surface area contributed by atoms with Crippen LogP contribution in [0.25, 0.3) is 0 Å². The van der Waals surface area contributed by atoms with E-state index in [9.17, 15) is 0 Å². The van der Waals surface area contributed by atoms with Gasteiger partial charge in [-0.2, -0.15) is 0 Å². The fourth-order valence-corrected chi connectivity index (χ4v) is 0. The summed E-state index contributed by atoms with van der Waals surface area (Å²) in [6, 6.07) is 0. The summed E-state index contributed by atoms with van der Waals surface area (Å²) in [6.45, 7) is 0. The molecule has 0 atom stereocenters. The minimum atomic E-state index is 0. The van der Waals surface area contributed by atoms with E-state index in [1.807, 2.05) is 0 Å². The Morgan fingerprint density at radius 3 is 1.25 bits per heavy atom. The van der Waals surface area contributed by atoms with Crippen LogP contribution in [0.1, 0.15) is 0 Å². The van der Waals surface area contributed by atoms with Gasteiger partial charge in [0.25, 0.3) is 0 Å². The summed E-state index contributed by atoms with van der Waals surface area (Å²) in [7, 11) is 4.78. The molecule has 0 aromatic carbocycles. The van der Waals surface area contributed by atoms with Crippen molar-refractivity contribution in [2.45, 2.75) is 0 Å². The van der Waals surface area contributed by atoms with Crippen LogP contribution in [0.3, 0.4) is 0 Å². The first-order chi connectivity index (χ1) is 1.00. The molecular formula is H5Al2ClCo. The SMILES string of the molecule is [AlH2][Cl].[AlH3].[Co]. The van der Waals surface area contributed by atoms with Gasteiger partial charge >= 0.3 is 15.4 Å². The smallest absolute Gasteiger partial charge is 0.273 e. The fourth-order valence-electron chi connectivity index (χ4n) is 0. The average molecular weight is 153 g/mol. The molecule has 0 aromatic heterocycles. The second kappa shape index (κ2) is 20.9. The number of hydrogen-bond donors (Lipinski definition) is 0. The van der Waals surface area contributed by atoms with Crippen molar-refractivity contribution in [3.05, 3.63) is 0 Å². The Morgan fingerprint density at radius 2 is 1.25 bits per heavy atom. The van der Waals surface area contributed by atoms with E-state index in [0.29, 0.717) is 0 Å². The molecule has 0 rings (SSSR count). The molecule has 0 nitrogen and oxygen atoms in total. The average Bonchev–Trinajstić information content (AvgIpc) is 1.00. The molecule has 0 spiro atoms. The van der Waals surface area contributed by atoms with Crippen LogP contribution in [0.5, 0.6) is 0 Å². The molecule has 0 aliphatic carbocycles. The zero-order valence-corrected chi connectivity index (χ0v) is 5.51. The molecule has 0 saturated heterocycles. The Kier molecular flexibility index (Phi) is 88.5. The third-order valence-corrected chi connectivity index (χ3v) is 0. The largest absolute Gasteiger partial charge is 0.353 e. The maximum atomic E-state index is 4.78. The fraction of sp³-hybridized carbons (Fsp3) is 0. The van der Waals surface area contributed by atoms with E-state index < -0.39 is 0 Å². The van der Waals surface area contributed by atoms with Crippen molar-refractivity contribution in [1.29, 1.82) is 0 Å². The number of rotatable bonds is 0. The maximum Gasteiger partial charge on any atom is 0.353 e. The standard InChI is InChI=1S/2Al.ClH.Co.5H/h;;1H;;;;;;/q;+1;;;;;;;/p-1. The summed E-state index contributed by atoms with van der Waals surface area (Å²) >= 11 is 0.778. The second-order valence-corrected chi connectivity index (χ2v) is 0. The van der Waals surface area contributed by atoms with Crippen molar-refractivity contribution in [2.24, 2.45) is 0 Å². The minimum Gasteiger partial charge on any atom is -0.273 e. The molecule has 1 radical (unpaired) electrons. The van der Waals surface area contributed by atoms with Gasteiger partial charge in [0.2, 0.25) is 0 Å². The van der Waals surface area contributed by atoms with Gasteiger partial charge in [-0.25, -0.2) is 0 Å². The van der Waals surface area contributed by atoms with Crippen LogP contribution >= 0.6 is 10.0 Å². The van der Waals surface area contributed by atoms with Gasteiger partial charge in [-0.3, -0.25) is 10.0 Å². The predicted molar refractivity (Wildman–Crippen MR) is 24.3 cm³/mol. The van der Waals surface area contributed by atoms with Crippen molar-refractivity contribution in [2.75, 3.05) is 0 Å². The molecule has 0 unspecified atom stereocenters. The van der Waals surface area contributed by atoms with Gasteiger partial charge < -0.3 is 0 Å². The van der Waals surface area contributed by atoms with Crippen molar-refractivity contribution in [3.63, 3.8) is 0 Å². The van der Waals surface area contributed by atoms with Crippen molar-refractivity contribution >= 4 is 42.8 Å². The molecule has 4 heteroatoms. The molecular weight excluding hydrogens is 148 g/mol. The van der Waals surface area contributed by atoms with E-state index in [1.165, 1.54) is 0 Å². The summed E-state index contributed by atoms with van der Waals surface area (Å²) in [4.78, 5) is 0. The molecule has 0 fully saturated rings. The first-order valence-electron chi connectivity index (χ1n) is 0.378. The van der Waals surface area contributed by atoms with Crippen molar-refractivity contribution in [1.82, 2.24) is 0 Å². The van der Waals surface area contributed by atoms with Gasteiger partial charge in [-0.05, 0) is 0 Å². The minimum absolute atomic E-state index is 0. The molecule has 0 N–H and O–H groups in total. The van der Waals surface area contributed by atoms with E-state index in [4.69, 9.17) is 10.0 Å². The molecule has 0 saturated carbocycles. The summed E-state index contributed by atoms with van der Waals surface area (Å²) in [6.07, 6.45) is 0. The first-order valence-corrected chi connectivity index (χ1v) is 3.40. The summed E-state index contributed by atoms with van der Waals surface area (Å²) < 4.78 is 0. The summed E-state index contributed by atoms with van der Waals surface area (Å²) in [5.74, 6) is 0. The zero-order chi connectivity index (χ0) is 2.00. The molecule has 0 aromatic rings. The monoisotopic (exact) mass is 153 g/mol. The second-order valence-electron chi connectivity index (χ2n) is 0. The topological polar surface area (TPSA) is 0 Å². The van der Waals surface area contributed by atoms with Crippen LogP contribution < -0.4 is 0 Å². The molecule has 0 bridgehead atoms. The van der Waals surface area contributed by atoms with Crippen LogP contribution in [0.15, 0.2) is 0 Å². The van der Waals surface area contributed by atoms with Crippen LogP contribution in [-0.4, -0.2) is 32.7 Å². The van der Waals surface area contributed by atoms with E-state index in [1.54, 1.807) is 0 Å².